The molecule has 0 saturated heterocycles. The summed E-state index contributed by atoms with van der Waals surface area (Å²) in [6.07, 6.45) is 5.30. The van der Waals surface area contributed by atoms with Gasteiger partial charge in [0.05, 0.1) is 24.0 Å². The van der Waals surface area contributed by atoms with E-state index in [9.17, 15) is 4.79 Å². The third-order valence-electron chi connectivity index (χ3n) is 2.80. The lowest BCUT2D eigenvalue weighted by Gasteiger charge is -2.16. The van der Waals surface area contributed by atoms with Gasteiger partial charge in [0.15, 0.2) is 0 Å². The van der Waals surface area contributed by atoms with Crippen molar-refractivity contribution in [3.05, 3.63) is 40.4 Å². The van der Waals surface area contributed by atoms with Crippen LogP contribution in [0, 0.1) is 12.3 Å². The number of nitrogens with one attached hydrogen (secondary N) is 1. The second-order valence-corrected chi connectivity index (χ2v) is 4.04. The molecule has 1 heterocycles. The summed E-state index contributed by atoms with van der Waals surface area (Å²) < 4.78 is 0. The Bertz CT molecular complexity index is 639. The summed E-state index contributed by atoms with van der Waals surface area (Å²) >= 11 is 0. The van der Waals surface area contributed by atoms with Crippen LogP contribution in [0.3, 0.4) is 0 Å². The van der Waals surface area contributed by atoms with E-state index in [1.54, 1.807) is 6.07 Å². The zero-order chi connectivity index (χ0) is 13.0. The molecule has 0 bridgehead atoms. The van der Waals surface area contributed by atoms with Crippen molar-refractivity contribution < 1.29 is 0 Å². The quantitative estimate of drug-likeness (QED) is 0.823. The molecule has 0 atom stereocenters. The number of H-pyrrole nitrogens is 1. The van der Waals surface area contributed by atoms with Gasteiger partial charge in [0.1, 0.15) is 5.82 Å². The first kappa shape index (κ1) is 12.3. The molecule has 0 saturated carbocycles. The van der Waals surface area contributed by atoms with Gasteiger partial charge in [-0.3, -0.25) is 9.69 Å². The molecule has 4 heteroatoms. The van der Waals surface area contributed by atoms with Crippen LogP contribution in [0.2, 0.25) is 0 Å². The Morgan fingerprint density at radius 2 is 2.22 bits per heavy atom. The third-order valence-corrected chi connectivity index (χ3v) is 2.80. The highest BCUT2D eigenvalue weighted by Gasteiger charge is 2.06. The van der Waals surface area contributed by atoms with E-state index in [0.29, 0.717) is 29.8 Å². The normalized spacial score (nSPS) is 10.7. The Hall–Kier alpha value is -2.12. The fraction of sp³-hybridized carbons (Fsp3) is 0.286. The number of aromatic nitrogens is 2. The van der Waals surface area contributed by atoms with Crippen LogP contribution in [-0.4, -0.2) is 28.0 Å². The summed E-state index contributed by atoms with van der Waals surface area (Å²) in [5.74, 6) is 3.25. The molecule has 2 rings (SSSR count). The largest absolute Gasteiger partial charge is 0.309 e. The lowest BCUT2D eigenvalue weighted by Crippen LogP contribution is -2.26. The summed E-state index contributed by atoms with van der Waals surface area (Å²) in [6, 6.07) is 7.31. The summed E-state index contributed by atoms with van der Waals surface area (Å²) in [6.45, 7) is 3.95. The monoisotopic (exact) mass is 241 g/mol. The van der Waals surface area contributed by atoms with Gasteiger partial charge in [-0.15, -0.1) is 6.42 Å². The van der Waals surface area contributed by atoms with Crippen LogP contribution in [0.4, 0.5) is 0 Å². The van der Waals surface area contributed by atoms with E-state index in [1.165, 1.54) is 0 Å². The SMILES string of the molecule is C#CCN(CC)Cc1nc2ccccc2c(=O)[nH]1. The second kappa shape index (κ2) is 5.48. The first-order valence-corrected chi connectivity index (χ1v) is 5.88. The molecule has 92 valence electrons. The van der Waals surface area contributed by atoms with Gasteiger partial charge in [0.25, 0.3) is 5.56 Å². The van der Waals surface area contributed by atoms with Gasteiger partial charge < -0.3 is 4.98 Å². The van der Waals surface area contributed by atoms with Gasteiger partial charge in [-0.25, -0.2) is 4.98 Å². The van der Waals surface area contributed by atoms with Crippen molar-refractivity contribution in [1.29, 1.82) is 0 Å². The molecule has 4 nitrogen and oxygen atoms in total. The molecule has 0 aliphatic carbocycles. The summed E-state index contributed by atoms with van der Waals surface area (Å²) in [5.41, 5.74) is 0.611. The third kappa shape index (κ3) is 2.58. The number of fused-ring (bicyclic) bond motifs is 1. The van der Waals surface area contributed by atoms with Gasteiger partial charge in [0, 0.05) is 0 Å². The van der Waals surface area contributed by atoms with Crippen LogP contribution in [0.25, 0.3) is 10.9 Å². The number of terminal acetylenes is 1. The van der Waals surface area contributed by atoms with Crippen molar-refractivity contribution in [2.45, 2.75) is 13.5 Å². The molecule has 0 unspecified atom stereocenters. The van der Waals surface area contributed by atoms with Crippen LogP contribution in [0.15, 0.2) is 29.1 Å². The van der Waals surface area contributed by atoms with Crippen molar-refractivity contribution >= 4 is 10.9 Å². The van der Waals surface area contributed by atoms with Crippen LogP contribution < -0.4 is 5.56 Å². The first-order valence-electron chi connectivity index (χ1n) is 5.88. The lowest BCUT2D eigenvalue weighted by atomic mass is 10.2. The van der Waals surface area contributed by atoms with E-state index in [1.807, 2.05) is 30.0 Å². The Morgan fingerprint density at radius 3 is 2.94 bits per heavy atom. The maximum absolute atomic E-state index is 11.9. The van der Waals surface area contributed by atoms with E-state index < -0.39 is 0 Å². The van der Waals surface area contributed by atoms with Gasteiger partial charge in [-0.05, 0) is 18.7 Å². The number of aromatic amines is 1. The molecular weight excluding hydrogens is 226 g/mol. The molecule has 0 fully saturated rings. The van der Waals surface area contributed by atoms with Gasteiger partial charge >= 0.3 is 0 Å². The Kier molecular flexibility index (Phi) is 3.75. The van der Waals surface area contributed by atoms with Gasteiger partial charge in [-0.2, -0.15) is 0 Å². The molecule has 2 aromatic rings. The maximum Gasteiger partial charge on any atom is 0.258 e. The minimum absolute atomic E-state index is 0.104. The topological polar surface area (TPSA) is 49.0 Å². The maximum atomic E-state index is 11.9. The van der Waals surface area contributed by atoms with E-state index in [-0.39, 0.29) is 5.56 Å². The minimum atomic E-state index is -0.104. The van der Waals surface area contributed by atoms with Crippen LogP contribution in [0.5, 0.6) is 0 Å². The fourth-order valence-corrected chi connectivity index (χ4v) is 1.83. The van der Waals surface area contributed by atoms with E-state index >= 15 is 0 Å². The molecule has 0 aliphatic rings. The minimum Gasteiger partial charge on any atom is -0.309 e. The molecule has 0 amide bonds. The molecule has 1 aromatic heterocycles. The summed E-state index contributed by atoms with van der Waals surface area (Å²) in [5, 5.41) is 0.612. The van der Waals surface area contributed by atoms with Crippen LogP contribution in [-0.2, 0) is 6.54 Å². The first-order chi connectivity index (χ1) is 8.74. The summed E-state index contributed by atoms with van der Waals surface area (Å²) in [7, 11) is 0. The zero-order valence-electron chi connectivity index (χ0n) is 10.3. The Morgan fingerprint density at radius 1 is 1.44 bits per heavy atom. The number of hydrogen-bond donors (Lipinski definition) is 1. The number of hydrogen-bond acceptors (Lipinski definition) is 3. The van der Waals surface area contributed by atoms with Crippen molar-refractivity contribution in [1.82, 2.24) is 14.9 Å². The van der Waals surface area contributed by atoms with Gasteiger partial charge in [0.2, 0.25) is 0 Å². The average molecular weight is 241 g/mol. The van der Waals surface area contributed by atoms with Crippen molar-refractivity contribution in [2.24, 2.45) is 0 Å². The molecule has 1 aromatic carbocycles. The van der Waals surface area contributed by atoms with Crippen molar-refractivity contribution in [2.75, 3.05) is 13.1 Å². The molecule has 18 heavy (non-hydrogen) atoms. The molecule has 0 radical (unpaired) electrons. The highest BCUT2D eigenvalue weighted by molar-refractivity contribution is 5.77. The summed E-state index contributed by atoms with van der Waals surface area (Å²) in [4.78, 5) is 21.1. The highest BCUT2D eigenvalue weighted by Crippen LogP contribution is 2.06. The van der Waals surface area contributed by atoms with Gasteiger partial charge in [-0.1, -0.05) is 25.0 Å². The number of benzene rings is 1. The highest BCUT2D eigenvalue weighted by atomic mass is 16.1. The predicted molar refractivity (Wildman–Crippen MR) is 72.1 cm³/mol. The Balaban J connectivity index is 2.35. The average Bonchev–Trinajstić information content (AvgIpc) is 2.38. The van der Waals surface area contributed by atoms with Crippen molar-refractivity contribution in [3.8, 4) is 12.3 Å². The standard InChI is InChI=1S/C14H15N3O/c1-3-9-17(4-2)10-13-15-12-8-6-5-7-11(12)14(18)16-13/h1,5-8H,4,9-10H2,2H3,(H,15,16,18). The van der Waals surface area contributed by atoms with Crippen LogP contribution in [0.1, 0.15) is 12.7 Å². The molecule has 1 N–H and O–H groups in total. The lowest BCUT2D eigenvalue weighted by molar-refractivity contribution is 0.308. The fourth-order valence-electron chi connectivity index (χ4n) is 1.83. The smallest absolute Gasteiger partial charge is 0.258 e. The zero-order valence-corrected chi connectivity index (χ0v) is 10.3. The molecule has 0 aliphatic heterocycles. The second-order valence-electron chi connectivity index (χ2n) is 4.04. The number of rotatable bonds is 4. The van der Waals surface area contributed by atoms with Crippen molar-refractivity contribution in [3.63, 3.8) is 0 Å². The van der Waals surface area contributed by atoms with Crippen LogP contribution >= 0.6 is 0 Å². The van der Waals surface area contributed by atoms with E-state index in [4.69, 9.17) is 6.42 Å². The Labute approximate surface area is 106 Å². The predicted octanol–water partition coefficient (Wildman–Crippen LogP) is 1.38. The van der Waals surface area contributed by atoms with E-state index in [0.717, 1.165) is 6.54 Å². The number of para-hydroxylation sites is 1. The molecular formula is C14H15N3O. The van der Waals surface area contributed by atoms with E-state index in [2.05, 4.69) is 15.9 Å². The number of nitrogens with zero attached hydrogens (tertiary/aromatic N) is 2. The molecule has 0 spiro atoms.